The number of carbonyl (C=O) groups is 1. The van der Waals surface area contributed by atoms with E-state index in [0.29, 0.717) is 11.9 Å². The number of benzene rings is 2. The van der Waals surface area contributed by atoms with Crippen LogP contribution in [0.1, 0.15) is 28.5 Å². The van der Waals surface area contributed by atoms with Crippen molar-refractivity contribution in [2.75, 3.05) is 6.61 Å². The van der Waals surface area contributed by atoms with E-state index < -0.39 is 5.97 Å². The Morgan fingerprint density at radius 2 is 1.63 bits per heavy atom. The summed E-state index contributed by atoms with van der Waals surface area (Å²) in [6, 6.07) is 20.2. The average molecular weight is 400 g/mol. The third kappa shape index (κ3) is 3.32. The van der Waals surface area contributed by atoms with Crippen LogP contribution < -0.4 is 5.43 Å². The topological polar surface area (TPSA) is 53.2 Å². The van der Waals surface area contributed by atoms with Crippen LogP contribution in [-0.4, -0.2) is 21.7 Å². The van der Waals surface area contributed by atoms with Crippen molar-refractivity contribution < 1.29 is 9.53 Å². The largest absolute Gasteiger partial charge is 0.462 e. The van der Waals surface area contributed by atoms with Crippen LogP contribution in [0.3, 0.4) is 0 Å². The van der Waals surface area contributed by atoms with Crippen molar-refractivity contribution in [3.63, 3.8) is 0 Å². The standard InChI is InChI=1S/C25H24N2O3/c1-4-30-25(29)20-16-26(3)23-21(24(20)28)17(2)27(15-18-11-7-5-8-12-18)22(23)19-13-9-6-10-14-19/h5-14,16H,4,15H2,1-3H3. The van der Waals surface area contributed by atoms with Gasteiger partial charge in [0.1, 0.15) is 5.56 Å². The lowest BCUT2D eigenvalue weighted by Crippen LogP contribution is -2.20. The third-order valence-corrected chi connectivity index (χ3v) is 5.37. The van der Waals surface area contributed by atoms with Crippen LogP contribution in [0, 0.1) is 6.92 Å². The lowest BCUT2D eigenvalue weighted by molar-refractivity contribution is 0.0524. The Morgan fingerprint density at radius 1 is 1.00 bits per heavy atom. The van der Waals surface area contributed by atoms with Crippen molar-refractivity contribution in [1.29, 1.82) is 0 Å². The van der Waals surface area contributed by atoms with E-state index in [0.717, 1.165) is 28.0 Å². The minimum Gasteiger partial charge on any atom is -0.462 e. The molecule has 0 saturated carbocycles. The van der Waals surface area contributed by atoms with Crippen molar-refractivity contribution >= 4 is 16.9 Å². The summed E-state index contributed by atoms with van der Waals surface area (Å²) in [6.07, 6.45) is 1.58. The van der Waals surface area contributed by atoms with E-state index in [9.17, 15) is 9.59 Å². The molecule has 0 radical (unpaired) electrons. The van der Waals surface area contributed by atoms with E-state index in [2.05, 4.69) is 16.7 Å². The van der Waals surface area contributed by atoms with Crippen molar-refractivity contribution in [2.45, 2.75) is 20.4 Å². The number of aryl methyl sites for hydroxylation is 2. The predicted octanol–water partition coefficient (Wildman–Crippen LogP) is 4.54. The van der Waals surface area contributed by atoms with E-state index in [4.69, 9.17) is 4.74 Å². The van der Waals surface area contributed by atoms with Gasteiger partial charge in [0.2, 0.25) is 5.43 Å². The molecule has 0 aliphatic heterocycles. The van der Waals surface area contributed by atoms with Crippen LogP contribution in [0.15, 0.2) is 71.7 Å². The Bertz CT molecular complexity index is 1270. The molecule has 0 fully saturated rings. The monoisotopic (exact) mass is 400 g/mol. The second-order valence-corrected chi connectivity index (χ2v) is 7.30. The van der Waals surface area contributed by atoms with Crippen molar-refractivity contribution in [3.8, 4) is 11.3 Å². The first kappa shape index (κ1) is 19.7. The molecule has 0 bridgehead atoms. The second kappa shape index (κ2) is 8.03. The normalized spacial score (nSPS) is 11.0. The highest BCUT2D eigenvalue weighted by Gasteiger charge is 2.24. The zero-order valence-corrected chi connectivity index (χ0v) is 17.4. The molecule has 0 atom stereocenters. The number of fused-ring (bicyclic) bond motifs is 1. The molecule has 2 aromatic carbocycles. The summed E-state index contributed by atoms with van der Waals surface area (Å²) in [5.74, 6) is -0.587. The molecule has 0 N–H and O–H groups in total. The zero-order valence-electron chi connectivity index (χ0n) is 17.4. The average Bonchev–Trinajstić information content (AvgIpc) is 3.05. The number of pyridine rings is 1. The number of nitrogens with zero attached hydrogens (tertiary/aromatic N) is 2. The van der Waals surface area contributed by atoms with Crippen LogP contribution in [0.25, 0.3) is 22.2 Å². The predicted molar refractivity (Wildman–Crippen MR) is 119 cm³/mol. The first-order chi connectivity index (χ1) is 14.5. The van der Waals surface area contributed by atoms with E-state index in [1.807, 2.05) is 67.1 Å². The van der Waals surface area contributed by atoms with E-state index >= 15 is 0 Å². The van der Waals surface area contributed by atoms with Gasteiger partial charge in [0.05, 0.1) is 23.2 Å². The number of carbonyl (C=O) groups excluding carboxylic acids is 1. The first-order valence-corrected chi connectivity index (χ1v) is 10.0. The van der Waals surface area contributed by atoms with Crippen LogP contribution in [0.4, 0.5) is 0 Å². The molecule has 0 aliphatic rings. The molecule has 152 valence electrons. The molecule has 5 nitrogen and oxygen atoms in total. The minimum atomic E-state index is -0.587. The SMILES string of the molecule is CCOC(=O)c1cn(C)c2c(-c3ccccc3)n(Cc3ccccc3)c(C)c2c1=O. The highest BCUT2D eigenvalue weighted by Crippen LogP contribution is 2.33. The fourth-order valence-corrected chi connectivity index (χ4v) is 3.99. The number of ether oxygens (including phenoxy) is 1. The van der Waals surface area contributed by atoms with E-state index in [-0.39, 0.29) is 17.6 Å². The molecular weight excluding hydrogens is 376 g/mol. The Kier molecular flexibility index (Phi) is 5.27. The summed E-state index contributed by atoms with van der Waals surface area (Å²) in [5.41, 5.74) is 4.53. The quantitative estimate of drug-likeness (QED) is 0.462. The summed E-state index contributed by atoms with van der Waals surface area (Å²) in [4.78, 5) is 25.7. The van der Waals surface area contributed by atoms with E-state index in [1.165, 1.54) is 0 Å². The lowest BCUT2D eigenvalue weighted by Gasteiger charge is -2.13. The molecule has 0 amide bonds. The Balaban J connectivity index is 2.05. The highest BCUT2D eigenvalue weighted by molar-refractivity contribution is 6.00. The zero-order chi connectivity index (χ0) is 21.3. The van der Waals surface area contributed by atoms with Gasteiger partial charge >= 0.3 is 5.97 Å². The first-order valence-electron chi connectivity index (χ1n) is 10.0. The summed E-state index contributed by atoms with van der Waals surface area (Å²) in [6.45, 7) is 4.52. The number of esters is 1. The van der Waals surface area contributed by atoms with E-state index in [1.54, 1.807) is 13.1 Å². The van der Waals surface area contributed by atoms with Gasteiger partial charge in [-0.3, -0.25) is 4.79 Å². The van der Waals surface area contributed by atoms with Gasteiger partial charge in [0.25, 0.3) is 0 Å². The molecule has 30 heavy (non-hydrogen) atoms. The molecular formula is C25H24N2O3. The summed E-state index contributed by atoms with van der Waals surface area (Å²) in [5, 5.41) is 0.554. The number of hydrogen-bond donors (Lipinski definition) is 0. The molecule has 0 unspecified atom stereocenters. The molecule has 4 rings (SSSR count). The van der Waals surface area contributed by atoms with Gasteiger partial charge in [0.15, 0.2) is 0 Å². The van der Waals surface area contributed by atoms with Crippen molar-refractivity contribution in [3.05, 3.63) is 93.9 Å². The van der Waals surface area contributed by atoms with Gasteiger partial charge in [-0.2, -0.15) is 0 Å². The highest BCUT2D eigenvalue weighted by atomic mass is 16.5. The second-order valence-electron chi connectivity index (χ2n) is 7.30. The number of hydrogen-bond acceptors (Lipinski definition) is 3. The molecule has 4 aromatic rings. The molecule has 0 aliphatic carbocycles. The fourth-order valence-electron chi connectivity index (χ4n) is 3.99. The van der Waals surface area contributed by atoms with Crippen molar-refractivity contribution in [2.24, 2.45) is 7.05 Å². The fraction of sp³-hybridized carbons (Fsp3) is 0.200. The molecule has 0 spiro atoms. The summed E-state index contributed by atoms with van der Waals surface area (Å²) in [7, 11) is 1.86. The van der Waals surface area contributed by atoms with Gasteiger partial charge in [-0.15, -0.1) is 0 Å². The van der Waals surface area contributed by atoms with Gasteiger partial charge in [-0.25, -0.2) is 4.79 Å². The Morgan fingerprint density at radius 3 is 2.27 bits per heavy atom. The molecule has 2 heterocycles. The van der Waals surface area contributed by atoms with Crippen LogP contribution >= 0.6 is 0 Å². The summed E-state index contributed by atoms with van der Waals surface area (Å²) >= 11 is 0. The van der Waals surface area contributed by atoms with Crippen LogP contribution in [0.2, 0.25) is 0 Å². The van der Waals surface area contributed by atoms with Gasteiger partial charge in [-0.1, -0.05) is 60.7 Å². The van der Waals surface area contributed by atoms with Crippen LogP contribution in [-0.2, 0) is 18.3 Å². The maximum atomic E-state index is 13.3. The molecule has 2 aromatic heterocycles. The van der Waals surface area contributed by atoms with Gasteiger partial charge in [0, 0.05) is 31.0 Å². The smallest absolute Gasteiger partial charge is 0.343 e. The third-order valence-electron chi connectivity index (χ3n) is 5.37. The Labute approximate surface area is 175 Å². The minimum absolute atomic E-state index is 0.0615. The molecule has 5 heteroatoms. The van der Waals surface area contributed by atoms with Crippen LogP contribution in [0.5, 0.6) is 0 Å². The molecule has 0 saturated heterocycles. The summed E-state index contributed by atoms with van der Waals surface area (Å²) < 4.78 is 9.13. The van der Waals surface area contributed by atoms with Gasteiger partial charge < -0.3 is 13.9 Å². The maximum absolute atomic E-state index is 13.3. The van der Waals surface area contributed by atoms with Crippen molar-refractivity contribution in [1.82, 2.24) is 9.13 Å². The van der Waals surface area contributed by atoms with Gasteiger partial charge in [-0.05, 0) is 19.4 Å². The number of aromatic nitrogens is 2. The Hall–Kier alpha value is -3.60. The maximum Gasteiger partial charge on any atom is 0.343 e. The number of rotatable bonds is 5. The lowest BCUT2D eigenvalue weighted by atomic mass is 10.1.